The molecule has 0 unspecified atom stereocenters. The number of nitrogens with one attached hydrogen (secondary N) is 1. The van der Waals surface area contributed by atoms with Crippen LogP contribution >= 0.6 is 23.2 Å². The summed E-state index contributed by atoms with van der Waals surface area (Å²) in [6.07, 6.45) is 2.42. The summed E-state index contributed by atoms with van der Waals surface area (Å²) in [6.45, 7) is 4.14. The largest absolute Gasteiger partial charge is 0.454 e. The summed E-state index contributed by atoms with van der Waals surface area (Å²) in [7, 11) is -3.87. The molecule has 2 aliphatic rings. The van der Waals surface area contributed by atoms with Crippen LogP contribution in [-0.4, -0.2) is 62.1 Å². The number of ether oxygens (including phenoxy) is 3. The molecule has 1 fully saturated rings. The molecule has 0 saturated carbocycles. The van der Waals surface area contributed by atoms with Gasteiger partial charge < -0.3 is 19.1 Å². The zero-order valence-corrected chi connectivity index (χ0v) is 26.4. The van der Waals surface area contributed by atoms with Crippen LogP contribution in [-0.2, 0) is 27.8 Å². The lowest BCUT2D eigenvalue weighted by molar-refractivity contribution is -0.133. The van der Waals surface area contributed by atoms with Crippen molar-refractivity contribution in [2.45, 2.75) is 24.3 Å². The number of nitrogens with zero attached hydrogens (tertiary/aromatic N) is 3. The van der Waals surface area contributed by atoms with Crippen LogP contribution in [0.5, 0.6) is 23.1 Å². The van der Waals surface area contributed by atoms with Gasteiger partial charge in [0.2, 0.25) is 18.6 Å². The molecule has 1 N–H and O–H groups in total. The predicted octanol–water partition coefficient (Wildman–Crippen LogP) is 5.99. The molecule has 0 spiro atoms. The normalized spacial score (nSPS) is 14.8. The van der Waals surface area contributed by atoms with E-state index in [0.29, 0.717) is 37.6 Å². The monoisotopic (exact) mass is 668 g/mol. The first kappa shape index (κ1) is 31.0. The molecule has 6 rings (SSSR count). The summed E-state index contributed by atoms with van der Waals surface area (Å²) in [6, 6.07) is 20.7. The van der Waals surface area contributed by atoms with Crippen molar-refractivity contribution in [2.24, 2.45) is 0 Å². The quantitative estimate of drug-likeness (QED) is 0.220. The third kappa shape index (κ3) is 7.80. The van der Waals surface area contributed by atoms with E-state index in [1.54, 1.807) is 12.1 Å². The van der Waals surface area contributed by atoms with Crippen LogP contribution in [0, 0.1) is 0 Å². The Balaban J connectivity index is 0.939. The highest BCUT2D eigenvalue weighted by atomic mass is 35.5. The molecule has 13 heteroatoms. The van der Waals surface area contributed by atoms with Gasteiger partial charge in [0, 0.05) is 45.2 Å². The zero-order chi connectivity index (χ0) is 31.4. The van der Waals surface area contributed by atoms with Gasteiger partial charge in [0.1, 0.15) is 5.75 Å². The number of carbonyl (C=O) groups is 1. The number of halogens is 2. The standard InChI is InChI=1S/C32H30Cl2N4O6S/c33-27-9-8-26(18-28(27)34)45(40,41)36-24-5-11-31(35-19-24)44-25-6-1-22(2-7-25)4-12-32(39)38-15-13-37(14-16-38)20-23-3-10-29-30(17-23)43-21-42-29/h1-3,5-11,17-19,36H,4,12-16,20-21H2. The molecule has 3 aromatic carbocycles. The molecule has 3 heterocycles. The summed E-state index contributed by atoms with van der Waals surface area (Å²) in [4.78, 5) is 21.4. The number of carbonyl (C=O) groups excluding carboxylic acids is 1. The van der Waals surface area contributed by atoms with Gasteiger partial charge in [0.15, 0.2) is 11.5 Å². The molecule has 4 aromatic rings. The number of hydrogen-bond donors (Lipinski definition) is 1. The minimum absolute atomic E-state index is 0.0181. The molecule has 0 radical (unpaired) electrons. The minimum Gasteiger partial charge on any atom is -0.454 e. The van der Waals surface area contributed by atoms with Crippen LogP contribution < -0.4 is 18.9 Å². The highest BCUT2D eigenvalue weighted by molar-refractivity contribution is 7.92. The summed E-state index contributed by atoms with van der Waals surface area (Å²) >= 11 is 11.8. The smallest absolute Gasteiger partial charge is 0.261 e. The average Bonchev–Trinajstić information content (AvgIpc) is 3.51. The molecule has 0 atom stereocenters. The molecule has 2 aliphatic heterocycles. The molecular weight excluding hydrogens is 639 g/mol. The molecule has 45 heavy (non-hydrogen) atoms. The Morgan fingerprint density at radius 2 is 1.62 bits per heavy atom. The average molecular weight is 670 g/mol. The van der Waals surface area contributed by atoms with E-state index in [-0.39, 0.29) is 33.3 Å². The number of aromatic nitrogens is 1. The number of pyridine rings is 1. The molecule has 1 saturated heterocycles. The molecule has 0 aliphatic carbocycles. The lowest BCUT2D eigenvalue weighted by Crippen LogP contribution is -2.48. The number of benzene rings is 3. The Labute approximate surface area is 271 Å². The number of amides is 1. The fraction of sp³-hybridized carbons (Fsp3) is 0.250. The maximum Gasteiger partial charge on any atom is 0.261 e. The van der Waals surface area contributed by atoms with Gasteiger partial charge in [0.05, 0.1) is 26.8 Å². The van der Waals surface area contributed by atoms with Crippen LogP contribution in [0.4, 0.5) is 5.69 Å². The van der Waals surface area contributed by atoms with Crippen molar-refractivity contribution < 1.29 is 27.4 Å². The van der Waals surface area contributed by atoms with Gasteiger partial charge in [-0.1, -0.05) is 41.4 Å². The minimum atomic E-state index is -3.87. The molecule has 10 nitrogen and oxygen atoms in total. The summed E-state index contributed by atoms with van der Waals surface area (Å²) in [5, 5.41) is 0.406. The van der Waals surface area contributed by atoms with Crippen molar-refractivity contribution in [1.82, 2.24) is 14.8 Å². The van der Waals surface area contributed by atoms with Gasteiger partial charge >= 0.3 is 0 Å². The van der Waals surface area contributed by atoms with Crippen LogP contribution in [0.25, 0.3) is 0 Å². The number of fused-ring (bicyclic) bond motifs is 1. The van der Waals surface area contributed by atoms with Crippen molar-refractivity contribution in [1.29, 1.82) is 0 Å². The van der Waals surface area contributed by atoms with E-state index in [2.05, 4.69) is 20.7 Å². The van der Waals surface area contributed by atoms with E-state index in [0.717, 1.165) is 36.7 Å². The Morgan fingerprint density at radius 1 is 0.867 bits per heavy atom. The first-order valence-electron chi connectivity index (χ1n) is 14.3. The number of sulfonamides is 1. The van der Waals surface area contributed by atoms with Gasteiger partial charge in [-0.2, -0.15) is 0 Å². The molecule has 234 valence electrons. The maximum atomic E-state index is 12.9. The van der Waals surface area contributed by atoms with Crippen molar-refractivity contribution in [3.63, 3.8) is 0 Å². The van der Waals surface area contributed by atoms with Gasteiger partial charge in [-0.05, 0) is 66.1 Å². The van der Waals surface area contributed by atoms with Crippen molar-refractivity contribution in [3.8, 4) is 23.1 Å². The van der Waals surface area contributed by atoms with E-state index >= 15 is 0 Å². The van der Waals surface area contributed by atoms with Gasteiger partial charge in [-0.15, -0.1) is 0 Å². The second kappa shape index (κ2) is 13.5. The molecule has 1 aromatic heterocycles. The van der Waals surface area contributed by atoms with Crippen LogP contribution in [0.3, 0.4) is 0 Å². The van der Waals surface area contributed by atoms with E-state index in [9.17, 15) is 13.2 Å². The Kier molecular flexibility index (Phi) is 9.32. The van der Waals surface area contributed by atoms with Gasteiger partial charge in [0.25, 0.3) is 10.0 Å². The first-order chi connectivity index (χ1) is 21.7. The lowest BCUT2D eigenvalue weighted by Gasteiger charge is -2.34. The van der Waals surface area contributed by atoms with E-state index < -0.39 is 10.0 Å². The fourth-order valence-electron chi connectivity index (χ4n) is 5.07. The zero-order valence-electron chi connectivity index (χ0n) is 24.1. The topological polar surface area (TPSA) is 110 Å². The van der Waals surface area contributed by atoms with Gasteiger partial charge in [-0.25, -0.2) is 13.4 Å². The molecule has 1 amide bonds. The summed E-state index contributed by atoms with van der Waals surface area (Å²) < 4.78 is 44.5. The lowest BCUT2D eigenvalue weighted by atomic mass is 10.1. The van der Waals surface area contributed by atoms with Crippen molar-refractivity contribution in [2.75, 3.05) is 37.7 Å². The Hall–Kier alpha value is -4.03. The highest BCUT2D eigenvalue weighted by Gasteiger charge is 2.22. The van der Waals surface area contributed by atoms with Crippen LogP contribution in [0.15, 0.2) is 83.9 Å². The number of aryl methyl sites for hydroxylation is 1. The highest BCUT2D eigenvalue weighted by Crippen LogP contribution is 2.33. The third-order valence-electron chi connectivity index (χ3n) is 7.53. The fourth-order valence-corrected chi connectivity index (χ4v) is 6.50. The third-order valence-corrected chi connectivity index (χ3v) is 9.65. The van der Waals surface area contributed by atoms with Gasteiger partial charge in [-0.3, -0.25) is 14.4 Å². The number of rotatable bonds is 10. The number of piperazine rings is 1. The second-order valence-corrected chi connectivity index (χ2v) is 13.2. The SMILES string of the molecule is O=C(CCc1ccc(Oc2ccc(NS(=O)(=O)c3ccc(Cl)c(Cl)c3)cn2)cc1)N1CCN(Cc2ccc3c(c2)OCO3)CC1. The Morgan fingerprint density at radius 3 is 2.36 bits per heavy atom. The molecule has 0 bridgehead atoms. The van der Waals surface area contributed by atoms with E-state index in [1.165, 1.54) is 30.0 Å². The van der Waals surface area contributed by atoms with E-state index in [1.807, 2.05) is 41.3 Å². The molecular formula is C32H30Cl2N4O6S. The maximum absolute atomic E-state index is 12.9. The number of hydrogen-bond acceptors (Lipinski definition) is 8. The number of anilines is 1. The van der Waals surface area contributed by atoms with Crippen LogP contribution in [0.1, 0.15) is 17.5 Å². The predicted molar refractivity (Wildman–Crippen MR) is 171 cm³/mol. The summed E-state index contributed by atoms with van der Waals surface area (Å²) in [5.41, 5.74) is 2.46. The van der Waals surface area contributed by atoms with Crippen molar-refractivity contribution in [3.05, 3.63) is 100 Å². The van der Waals surface area contributed by atoms with E-state index in [4.69, 9.17) is 37.4 Å². The Bertz CT molecular complexity index is 1780. The first-order valence-corrected chi connectivity index (χ1v) is 16.6. The van der Waals surface area contributed by atoms with Crippen LogP contribution in [0.2, 0.25) is 10.0 Å². The van der Waals surface area contributed by atoms with Crippen molar-refractivity contribution >= 4 is 44.8 Å². The summed E-state index contributed by atoms with van der Waals surface area (Å²) in [5.74, 6) is 2.59. The second-order valence-electron chi connectivity index (χ2n) is 10.7.